The van der Waals surface area contributed by atoms with Crippen molar-refractivity contribution in [3.8, 4) is 0 Å². The molecule has 0 saturated carbocycles. The first-order chi connectivity index (χ1) is 14.6. The summed E-state index contributed by atoms with van der Waals surface area (Å²) in [5.74, 6) is -0.109. The van der Waals surface area contributed by atoms with Gasteiger partial charge in [0.05, 0.1) is 24.0 Å². The molecule has 0 unspecified atom stereocenters. The van der Waals surface area contributed by atoms with Crippen molar-refractivity contribution in [3.63, 3.8) is 0 Å². The molecule has 0 radical (unpaired) electrons. The molecule has 1 atom stereocenters. The third-order valence-corrected chi connectivity index (χ3v) is 5.72. The Morgan fingerprint density at radius 3 is 2.57 bits per heavy atom. The standard InChI is InChI=1S/C25H22N4O/c1-15-3-5-17(6-4-15)16(2)28-25(30)23-12-19-11-20-14-27-24(18-7-9-26-10-8-18)21(20)13-22(19)29-23/h3-11,13,16H,12,14H2,1-2H3,(H,28,30)/t16-/m1/s1. The summed E-state index contributed by atoms with van der Waals surface area (Å²) in [6.07, 6.45) is 4.11. The first-order valence-electron chi connectivity index (χ1n) is 10.1. The number of pyridine rings is 1. The average Bonchev–Trinajstić information content (AvgIpc) is 3.36. The normalized spacial score (nSPS) is 15.1. The predicted molar refractivity (Wildman–Crippen MR) is 119 cm³/mol. The Morgan fingerprint density at radius 1 is 1.03 bits per heavy atom. The third kappa shape index (κ3) is 3.32. The van der Waals surface area contributed by atoms with Crippen molar-refractivity contribution in [3.05, 3.63) is 94.3 Å². The molecule has 3 aromatic rings. The largest absolute Gasteiger partial charge is 0.344 e. The molecule has 0 fully saturated rings. The number of benzene rings is 2. The van der Waals surface area contributed by atoms with E-state index in [1.165, 1.54) is 11.1 Å². The Bertz CT molecular complexity index is 1190. The van der Waals surface area contributed by atoms with Crippen molar-refractivity contribution in [1.29, 1.82) is 0 Å². The number of amides is 1. The van der Waals surface area contributed by atoms with Crippen LogP contribution in [0.5, 0.6) is 0 Å². The highest BCUT2D eigenvalue weighted by Crippen LogP contribution is 2.34. The zero-order valence-electron chi connectivity index (χ0n) is 17.0. The Kier molecular flexibility index (Phi) is 4.51. The van der Waals surface area contributed by atoms with Crippen LogP contribution in [0.1, 0.15) is 46.3 Å². The van der Waals surface area contributed by atoms with E-state index in [9.17, 15) is 4.79 Å². The van der Waals surface area contributed by atoms with E-state index in [4.69, 9.17) is 4.99 Å². The van der Waals surface area contributed by atoms with Crippen molar-refractivity contribution >= 4 is 23.0 Å². The van der Waals surface area contributed by atoms with E-state index in [2.05, 4.69) is 58.6 Å². The summed E-state index contributed by atoms with van der Waals surface area (Å²) >= 11 is 0. The van der Waals surface area contributed by atoms with Crippen molar-refractivity contribution in [2.75, 3.05) is 0 Å². The second-order valence-corrected chi connectivity index (χ2v) is 7.88. The van der Waals surface area contributed by atoms with E-state index < -0.39 is 0 Å². The van der Waals surface area contributed by atoms with Gasteiger partial charge in [-0.05, 0) is 48.7 Å². The molecule has 30 heavy (non-hydrogen) atoms. The molecular formula is C25H22N4O. The zero-order valence-corrected chi connectivity index (χ0v) is 17.0. The zero-order chi connectivity index (χ0) is 20.7. The van der Waals surface area contributed by atoms with E-state index in [1.807, 2.05) is 19.1 Å². The molecule has 1 N–H and O–H groups in total. The minimum atomic E-state index is -0.109. The van der Waals surface area contributed by atoms with Crippen LogP contribution in [0.3, 0.4) is 0 Å². The van der Waals surface area contributed by atoms with Crippen LogP contribution in [0.2, 0.25) is 0 Å². The van der Waals surface area contributed by atoms with Crippen LogP contribution in [0.25, 0.3) is 0 Å². The van der Waals surface area contributed by atoms with Gasteiger partial charge in [0.15, 0.2) is 0 Å². The van der Waals surface area contributed by atoms with Gasteiger partial charge in [-0.15, -0.1) is 0 Å². The summed E-state index contributed by atoms with van der Waals surface area (Å²) in [5, 5.41) is 3.08. The lowest BCUT2D eigenvalue weighted by Crippen LogP contribution is -2.33. The second kappa shape index (κ2) is 7.34. The summed E-state index contributed by atoms with van der Waals surface area (Å²) in [4.78, 5) is 26.3. The van der Waals surface area contributed by atoms with E-state index >= 15 is 0 Å². The third-order valence-electron chi connectivity index (χ3n) is 5.72. The number of aryl methyl sites for hydroxylation is 1. The van der Waals surface area contributed by atoms with Crippen LogP contribution in [0, 0.1) is 6.92 Å². The van der Waals surface area contributed by atoms with Crippen LogP contribution < -0.4 is 5.32 Å². The quantitative estimate of drug-likeness (QED) is 0.719. The Balaban J connectivity index is 1.36. The number of carbonyl (C=O) groups excluding carboxylic acids is 1. The predicted octanol–water partition coefficient (Wildman–Crippen LogP) is 4.25. The lowest BCUT2D eigenvalue weighted by molar-refractivity contribution is -0.115. The van der Waals surface area contributed by atoms with Gasteiger partial charge in [0.2, 0.25) is 0 Å². The highest BCUT2D eigenvalue weighted by Gasteiger charge is 2.26. The summed E-state index contributed by atoms with van der Waals surface area (Å²) in [5.41, 5.74) is 9.11. The van der Waals surface area contributed by atoms with Gasteiger partial charge in [0.1, 0.15) is 5.71 Å². The fraction of sp³-hybridized carbons (Fsp3) is 0.200. The molecule has 0 spiro atoms. The van der Waals surface area contributed by atoms with Crippen LogP contribution in [0.4, 0.5) is 5.69 Å². The Morgan fingerprint density at radius 2 is 1.80 bits per heavy atom. The smallest absolute Gasteiger partial charge is 0.266 e. The van der Waals surface area contributed by atoms with E-state index in [0.717, 1.165) is 33.7 Å². The summed E-state index contributed by atoms with van der Waals surface area (Å²) in [6.45, 7) is 4.71. The van der Waals surface area contributed by atoms with E-state index in [0.29, 0.717) is 18.7 Å². The van der Waals surface area contributed by atoms with Crippen LogP contribution in [-0.2, 0) is 17.8 Å². The first-order valence-corrected chi connectivity index (χ1v) is 10.1. The minimum absolute atomic E-state index is 0.0695. The maximum atomic E-state index is 12.8. The molecule has 3 heterocycles. The number of nitrogens with one attached hydrogen (secondary N) is 1. The average molecular weight is 394 g/mol. The van der Waals surface area contributed by atoms with Gasteiger partial charge >= 0.3 is 0 Å². The number of hydrogen-bond donors (Lipinski definition) is 1. The molecule has 1 amide bonds. The minimum Gasteiger partial charge on any atom is -0.344 e. The van der Waals surface area contributed by atoms with Gasteiger partial charge < -0.3 is 5.32 Å². The molecule has 0 aliphatic carbocycles. The molecule has 1 aromatic heterocycles. The van der Waals surface area contributed by atoms with Gasteiger partial charge in [0.25, 0.3) is 5.91 Å². The monoisotopic (exact) mass is 394 g/mol. The number of aliphatic imine (C=N–C) groups is 2. The molecule has 148 valence electrons. The molecule has 5 rings (SSSR count). The number of rotatable bonds is 4. The first kappa shape index (κ1) is 18.4. The number of fused-ring (bicyclic) bond motifs is 2. The lowest BCUT2D eigenvalue weighted by Gasteiger charge is -2.14. The van der Waals surface area contributed by atoms with Gasteiger partial charge in [-0.25, -0.2) is 4.99 Å². The van der Waals surface area contributed by atoms with Crippen molar-refractivity contribution in [1.82, 2.24) is 10.3 Å². The summed E-state index contributed by atoms with van der Waals surface area (Å²) in [7, 11) is 0. The Hall–Kier alpha value is -3.60. The van der Waals surface area contributed by atoms with Gasteiger partial charge in [-0.2, -0.15) is 0 Å². The number of hydrogen-bond acceptors (Lipinski definition) is 4. The number of nitrogens with zero attached hydrogens (tertiary/aromatic N) is 3. The lowest BCUT2D eigenvalue weighted by atomic mass is 9.97. The molecule has 2 aromatic carbocycles. The Labute approximate surface area is 175 Å². The van der Waals surface area contributed by atoms with Crippen molar-refractivity contribution < 1.29 is 4.79 Å². The van der Waals surface area contributed by atoms with Crippen molar-refractivity contribution in [2.24, 2.45) is 9.98 Å². The highest BCUT2D eigenvalue weighted by atomic mass is 16.2. The van der Waals surface area contributed by atoms with Crippen LogP contribution in [0.15, 0.2) is 70.9 Å². The van der Waals surface area contributed by atoms with Crippen molar-refractivity contribution in [2.45, 2.75) is 32.9 Å². The van der Waals surface area contributed by atoms with Crippen LogP contribution >= 0.6 is 0 Å². The highest BCUT2D eigenvalue weighted by molar-refractivity contribution is 6.41. The molecule has 2 aliphatic rings. The molecular weight excluding hydrogens is 372 g/mol. The number of carbonyl (C=O) groups is 1. The van der Waals surface area contributed by atoms with Crippen LogP contribution in [-0.4, -0.2) is 22.3 Å². The molecule has 5 heteroatoms. The number of aromatic nitrogens is 1. The maximum absolute atomic E-state index is 12.8. The fourth-order valence-corrected chi connectivity index (χ4v) is 4.00. The molecule has 0 bridgehead atoms. The van der Waals surface area contributed by atoms with Gasteiger partial charge in [-0.3, -0.25) is 14.8 Å². The van der Waals surface area contributed by atoms with Gasteiger partial charge in [-0.1, -0.05) is 35.9 Å². The van der Waals surface area contributed by atoms with E-state index in [-0.39, 0.29) is 11.9 Å². The summed E-state index contributed by atoms with van der Waals surface area (Å²) < 4.78 is 0. The molecule has 0 saturated heterocycles. The SMILES string of the molecule is Cc1ccc([C@@H](C)NC(=O)C2=Nc3cc4c(cc3C2)CN=C4c2ccncc2)cc1. The fourth-order valence-electron chi connectivity index (χ4n) is 4.00. The molecule has 5 nitrogen and oxygen atoms in total. The second-order valence-electron chi connectivity index (χ2n) is 7.88. The summed E-state index contributed by atoms with van der Waals surface area (Å²) in [6, 6.07) is 16.3. The topological polar surface area (TPSA) is 66.7 Å². The maximum Gasteiger partial charge on any atom is 0.266 e. The van der Waals surface area contributed by atoms with Gasteiger partial charge in [0, 0.05) is 29.9 Å². The molecule has 2 aliphatic heterocycles. The van der Waals surface area contributed by atoms with E-state index in [1.54, 1.807) is 12.4 Å².